The van der Waals surface area contributed by atoms with Gasteiger partial charge in [0.05, 0.1) is 24.9 Å². The van der Waals surface area contributed by atoms with Gasteiger partial charge in [-0.15, -0.1) is 0 Å². The van der Waals surface area contributed by atoms with E-state index >= 15 is 0 Å². The van der Waals surface area contributed by atoms with Crippen molar-refractivity contribution < 1.29 is 23.9 Å². The summed E-state index contributed by atoms with van der Waals surface area (Å²) in [6.07, 6.45) is -0.827. The zero-order chi connectivity index (χ0) is 23.8. The maximum atomic E-state index is 13.2. The van der Waals surface area contributed by atoms with Gasteiger partial charge in [0.15, 0.2) is 5.78 Å². The number of imide groups is 1. The fourth-order valence-electron chi connectivity index (χ4n) is 2.99. The first-order valence-electron chi connectivity index (χ1n) is 9.84. The zero-order valence-electron chi connectivity index (χ0n) is 17.6. The van der Waals surface area contributed by atoms with Crippen molar-refractivity contribution in [3.63, 3.8) is 0 Å². The molecule has 8 nitrogen and oxygen atoms in total. The lowest BCUT2D eigenvalue weighted by atomic mass is 10.0. The second-order valence-electron chi connectivity index (χ2n) is 6.87. The Morgan fingerprint density at radius 3 is 2.18 bits per heavy atom. The average molecular weight is 464 g/mol. The van der Waals surface area contributed by atoms with Crippen molar-refractivity contribution in [1.82, 2.24) is 5.32 Å². The third-order valence-electron chi connectivity index (χ3n) is 4.60. The molecule has 0 fully saturated rings. The van der Waals surface area contributed by atoms with Gasteiger partial charge >= 0.3 is 12.1 Å². The Hall–Kier alpha value is -4.11. The predicted octanol–water partition coefficient (Wildman–Crippen LogP) is 4.23. The van der Waals surface area contributed by atoms with E-state index in [1.165, 1.54) is 18.2 Å². The summed E-state index contributed by atoms with van der Waals surface area (Å²) in [7, 11) is 1.12. The minimum atomic E-state index is -0.954. The van der Waals surface area contributed by atoms with E-state index in [1.807, 2.05) is 35.6 Å². The molecule has 0 aromatic heterocycles. The number of nitrogens with zero attached hydrogens (tertiary/aromatic N) is 1. The van der Waals surface area contributed by atoms with E-state index in [0.29, 0.717) is 5.56 Å². The summed E-state index contributed by atoms with van der Waals surface area (Å²) in [5.41, 5.74) is 1.87. The van der Waals surface area contributed by atoms with Crippen molar-refractivity contribution >= 4 is 48.0 Å². The van der Waals surface area contributed by atoms with Crippen molar-refractivity contribution in [2.45, 2.75) is 6.42 Å². The molecule has 0 bridgehead atoms. The van der Waals surface area contributed by atoms with Crippen LogP contribution in [0, 0.1) is 0 Å². The van der Waals surface area contributed by atoms with Gasteiger partial charge in [0.1, 0.15) is 0 Å². The Labute approximate surface area is 196 Å². The standard InChI is InChI=1S/C24H21N3O5S/c1-32-24(31)26-23(30)27(33)18-12-13-20(25-21(28)14-16-8-4-2-5-9-16)19(15-18)22(29)17-10-6-3-7-11-17/h2-13,15,33H,14H2,1H3,(H,25,28)(H,26,30,31). The number of thiol groups is 1. The molecule has 0 heterocycles. The summed E-state index contributed by atoms with van der Waals surface area (Å²) in [6, 6.07) is 21.2. The molecule has 0 saturated heterocycles. The van der Waals surface area contributed by atoms with Crippen LogP contribution in [0.15, 0.2) is 78.9 Å². The molecule has 4 amide bonds. The van der Waals surface area contributed by atoms with Crippen LogP contribution in [0.4, 0.5) is 21.0 Å². The highest BCUT2D eigenvalue weighted by molar-refractivity contribution is 7.82. The molecule has 9 heteroatoms. The summed E-state index contributed by atoms with van der Waals surface area (Å²) in [6.45, 7) is 0. The Bertz CT molecular complexity index is 1170. The molecule has 168 valence electrons. The lowest BCUT2D eigenvalue weighted by Gasteiger charge is -2.18. The third kappa shape index (κ3) is 6.20. The number of carbonyl (C=O) groups excluding carboxylic acids is 4. The highest BCUT2D eigenvalue weighted by atomic mass is 32.1. The highest BCUT2D eigenvalue weighted by Gasteiger charge is 2.21. The molecule has 0 spiro atoms. The number of hydrogen-bond donors (Lipinski definition) is 3. The largest absolute Gasteiger partial charge is 0.453 e. The van der Waals surface area contributed by atoms with Crippen molar-refractivity contribution in [2.24, 2.45) is 0 Å². The Balaban J connectivity index is 1.91. The van der Waals surface area contributed by atoms with E-state index in [0.717, 1.165) is 17.0 Å². The van der Waals surface area contributed by atoms with E-state index in [1.54, 1.807) is 30.3 Å². The number of alkyl carbamates (subject to hydrolysis) is 1. The van der Waals surface area contributed by atoms with E-state index in [-0.39, 0.29) is 35.0 Å². The van der Waals surface area contributed by atoms with Crippen LogP contribution in [-0.4, -0.2) is 30.9 Å². The van der Waals surface area contributed by atoms with Crippen LogP contribution in [-0.2, 0) is 16.0 Å². The number of hydrogen-bond acceptors (Lipinski definition) is 6. The number of rotatable bonds is 6. The number of benzene rings is 3. The minimum absolute atomic E-state index is 0.127. The highest BCUT2D eigenvalue weighted by Crippen LogP contribution is 2.27. The number of ether oxygens (including phenoxy) is 1. The van der Waals surface area contributed by atoms with Crippen molar-refractivity contribution in [2.75, 3.05) is 16.7 Å². The van der Waals surface area contributed by atoms with E-state index in [9.17, 15) is 19.2 Å². The lowest BCUT2D eigenvalue weighted by molar-refractivity contribution is -0.115. The monoisotopic (exact) mass is 463 g/mol. The molecule has 33 heavy (non-hydrogen) atoms. The molecule has 2 N–H and O–H groups in total. The van der Waals surface area contributed by atoms with Gasteiger partial charge in [0.25, 0.3) is 0 Å². The topological polar surface area (TPSA) is 105 Å². The molecule has 0 radical (unpaired) electrons. The van der Waals surface area contributed by atoms with E-state index < -0.39 is 12.1 Å². The van der Waals surface area contributed by atoms with Gasteiger partial charge in [-0.2, -0.15) is 0 Å². The van der Waals surface area contributed by atoms with Gasteiger partial charge in [-0.25, -0.2) is 19.2 Å². The summed E-state index contributed by atoms with van der Waals surface area (Å²) in [4.78, 5) is 49.4. The molecule has 0 aliphatic rings. The number of methoxy groups -OCH3 is 1. The zero-order valence-corrected chi connectivity index (χ0v) is 18.5. The summed E-state index contributed by atoms with van der Waals surface area (Å²) >= 11 is 4.12. The van der Waals surface area contributed by atoms with Crippen LogP contribution >= 0.6 is 12.8 Å². The van der Waals surface area contributed by atoms with Gasteiger partial charge in [0.2, 0.25) is 5.91 Å². The van der Waals surface area contributed by atoms with E-state index in [4.69, 9.17) is 0 Å². The number of ketones is 1. The first-order valence-corrected chi connectivity index (χ1v) is 10.2. The first kappa shape index (κ1) is 23.6. The second kappa shape index (κ2) is 11.0. The fourth-order valence-corrected chi connectivity index (χ4v) is 3.16. The van der Waals surface area contributed by atoms with Crippen LogP contribution < -0.4 is 14.9 Å². The first-order chi connectivity index (χ1) is 15.9. The summed E-state index contributed by atoms with van der Waals surface area (Å²) in [5, 5.41) is 4.75. The fraction of sp³-hybridized carbons (Fsp3) is 0.0833. The van der Waals surface area contributed by atoms with Gasteiger partial charge < -0.3 is 10.1 Å². The molecule has 0 saturated carbocycles. The number of carbonyl (C=O) groups is 4. The third-order valence-corrected chi connectivity index (χ3v) is 5.01. The van der Waals surface area contributed by atoms with Crippen LogP contribution in [0.2, 0.25) is 0 Å². The molecule has 0 aliphatic heterocycles. The maximum absolute atomic E-state index is 13.2. The smallest absolute Gasteiger partial charge is 0.415 e. The minimum Gasteiger partial charge on any atom is -0.453 e. The van der Waals surface area contributed by atoms with Gasteiger partial charge in [-0.05, 0) is 23.8 Å². The Morgan fingerprint density at radius 2 is 1.55 bits per heavy atom. The molecule has 0 unspecified atom stereocenters. The molecular weight excluding hydrogens is 442 g/mol. The average Bonchev–Trinajstić information content (AvgIpc) is 2.84. The van der Waals surface area contributed by atoms with Crippen LogP contribution in [0.5, 0.6) is 0 Å². The number of urea groups is 1. The quantitative estimate of drug-likeness (QED) is 0.375. The molecular formula is C24H21N3O5S. The SMILES string of the molecule is COC(=O)NC(=O)N(S)c1ccc(NC(=O)Cc2ccccc2)c(C(=O)c2ccccc2)c1. The predicted molar refractivity (Wildman–Crippen MR) is 127 cm³/mol. The van der Waals surface area contributed by atoms with Gasteiger partial charge in [-0.3, -0.25) is 9.59 Å². The number of nitrogens with one attached hydrogen (secondary N) is 2. The number of anilines is 2. The molecule has 0 aliphatic carbocycles. The Morgan fingerprint density at radius 1 is 0.909 bits per heavy atom. The van der Waals surface area contributed by atoms with Crippen LogP contribution in [0.1, 0.15) is 21.5 Å². The lowest BCUT2D eigenvalue weighted by Crippen LogP contribution is -2.38. The Kier molecular flexibility index (Phi) is 7.82. The summed E-state index contributed by atoms with van der Waals surface area (Å²) < 4.78 is 5.26. The molecule has 3 aromatic carbocycles. The van der Waals surface area contributed by atoms with Crippen molar-refractivity contribution in [3.8, 4) is 0 Å². The maximum Gasteiger partial charge on any atom is 0.415 e. The molecule has 3 rings (SSSR count). The van der Waals surface area contributed by atoms with Crippen LogP contribution in [0.25, 0.3) is 0 Å². The van der Waals surface area contributed by atoms with Gasteiger partial charge in [0, 0.05) is 11.1 Å². The van der Waals surface area contributed by atoms with E-state index in [2.05, 4.69) is 22.9 Å². The number of amides is 4. The van der Waals surface area contributed by atoms with Gasteiger partial charge in [-0.1, -0.05) is 73.5 Å². The molecule has 3 aromatic rings. The normalized spacial score (nSPS) is 10.1. The van der Waals surface area contributed by atoms with Crippen molar-refractivity contribution in [1.29, 1.82) is 0 Å². The second-order valence-corrected chi connectivity index (χ2v) is 7.27. The molecule has 0 atom stereocenters. The summed E-state index contributed by atoms with van der Waals surface area (Å²) in [5.74, 6) is -0.662. The van der Waals surface area contributed by atoms with Crippen LogP contribution in [0.3, 0.4) is 0 Å². The van der Waals surface area contributed by atoms with Crippen molar-refractivity contribution in [3.05, 3.63) is 95.6 Å².